The van der Waals surface area contributed by atoms with Crippen LogP contribution in [0.1, 0.15) is 50.7 Å². The normalized spacial score (nSPS) is 16.3. The van der Waals surface area contributed by atoms with Crippen molar-refractivity contribution in [3.05, 3.63) is 20.9 Å². The van der Waals surface area contributed by atoms with Gasteiger partial charge in [-0.1, -0.05) is 6.92 Å². The van der Waals surface area contributed by atoms with E-state index in [4.69, 9.17) is 20.4 Å². The highest BCUT2D eigenvalue weighted by Crippen LogP contribution is 2.36. The Morgan fingerprint density at radius 1 is 1.36 bits per heavy atom. The van der Waals surface area contributed by atoms with Gasteiger partial charge in [-0.2, -0.15) is 13.2 Å². The lowest BCUT2D eigenvalue weighted by molar-refractivity contribution is -0.192. The average Bonchev–Trinajstić information content (AvgIpc) is 2.85. The lowest BCUT2D eigenvalue weighted by atomic mass is 9.88. The number of thiophene rings is 1. The molecule has 1 atom stereocenters. The zero-order chi connectivity index (χ0) is 19.4. The van der Waals surface area contributed by atoms with Crippen molar-refractivity contribution in [3.63, 3.8) is 0 Å². The van der Waals surface area contributed by atoms with Crippen LogP contribution in [0.25, 0.3) is 0 Å². The van der Waals surface area contributed by atoms with Crippen LogP contribution in [0.2, 0.25) is 0 Å². The third-order valence-corrected chi connectivity index (χ3v) is 4.73. The van der Waals surface area contributed by atoms with Gasteiger partial charge in [-0.3, -0.25) is 4.79 Å². The maximum atomic E-state index is 12.0. The van der Waals surface area contributed by atoms with E-state index in [2.05, 4.69) is 6.92 Å². The Morgan fingerprint density at radius 2 is 1.92 bits per heavy atom. The van der Waals surface area contributed by atoms with Gasteiger partial charge >= 0.3 is 18.1 Å². The summed E-state index contributed by atoms with van der Waals surface area (Å²) < 4.78 is 36.8. The fraction of sp³-hybridized carbons (Fsp3) is 0.533. The highest BCUT2D eigenvalue weighted by molar-refractivity contribution is 7.14. The summed E-state index contributed by atoms with van der Waals surface area (Å²) >= 11 is 1.35. The number of carbonyl (C=O) groups excluding carboxylic acids is 2. The molecule has 0 saturated heterocycles. The molecule has 6 nitrogen and oxygen atoms in total. The number of nitrogens with two attached hydrogens (primary N) is 1. The third-order valence-electron chi connectivity index (χ3n) is 3.46. The molecule has 0 bridgehead atoms. The molecule has 0 aromatic carbocycles. The molecule has 10 heteroatoms. The fourth-order valence-electron chi connectivity index (χ4n) is 2.34. The van der Waals surface area contributed by atoms with Gasteiger partial charge in [-0.25, -0.2) is 9.59 Å². The number of ether oxygens (including phenoxy) is 1. The van der Waals surface area contributed by atoms with Crippen LogP contribution in [0.15, 0.2) is 0 Å². The summed E-state index contributed by atoms with van der Waals surface area (Å²) in [6.45, 7) is 4.23. The van der Waals surface area contributed by atoms with E-state index < -0.39 is 24.0 Å². The number of fused-ring (bicyclic) bond motifs is 1. The monoisotopic (exact) mass is 381 g/mol. The number of aliphatic carboxylic acids is 1. The summed E-state index contributed by atoms with van der Waals surface area (Å²) in [4.78, 5) is 33.8. The molecule has 2 rings (SSSR count). The number of carboxylic acid groups (broad SMARTS) is 1. The number of rotatable bonds is 3. The zero-order valence-corrected chi connectivity index (χ0v) is 14.4. The highest BCUT2D eigenvalue weighted by Gasteiger charge is 2.38. The van der Waals surface area contributed by atoms with Crippen molar-refractivity contribution in [2.45, 2.75) is 39.3 Å². The number of alkyl halides is 3. The first kappa shape index (κ1) is 20.9. The molecule has 1 aromatic heterocycles. The Labute approximate surface area is 145 Å². The van der Waals surface area contributed by atoms with Gasteiger partial charge in [0.05, 0.1) is 12.2 Å². The molecule has 0 aliphatic heterocycles. The third kappa shape index (κ3) is 5.45. The van der Waals surface area contributed by atoms with E-state index in [1.165, 1.54) is 11.3 Å². The van der Waals surface area contributed by atoms with Crippen LogP contribution in [-0.4, -0.2) is 35.7 Å². The molecule has 0 radical (unpaired) electrons. The highest BCUT2D eigenvalue weighted by atomic mass is 32.1. The minimum Gasteiger partial charge on any atom is -0.475 e. The van der Waals surface area contributed by atoms with E-state index in [1.54, 1.807) is 6.92 Å². The quantitative estimate of drug-likeness (QED) is 0.783. The number of primary amides is 1. The van der Waals surface area contributed by atoms with Gasteiger partial charge in [0.2, 0.25) is 0 Å². The summed E-state index contributed by atoms with van der Waals surface area (Å²) in [5.41, 5.74) is 6.75. The maximum absolute atomic E-state index is 12.0. The summed E-state index contributed by atoms with van der Waals surface area (Å²) in [5, 5.41) is 7.12. The van der Waals surface area contributed by atoms with Gasteiger partial charge in [-0.05, 0) is 37.7 Å². The Kier molecular flexibility index (Phi) is 6.97. The lowest BCUT2D eigenvalue weighted by Crippen LogP contribution is -2.21. The number of carboxylic acids is 1. The van der Waals surface area contributed by atoms with Crippen molar-refractivity contribution < 1.29 is 37.4 Å². The van der Waals surface area contributed by atoms with E-state index in [1.807, 2.05) is 0 Å². The first-order valence-electron chi connectivity index (χ1n) is 7.40. The predicted molar refractivity (Wildman–Crippen MR) is 83.7 cm³/mol. The predicted octanol–water partition coefficient (Wildman–Crippen LogP) is 2.78. The largest absolute Gasteiger partial charge is 0.490 e. The van der Waals surface area contributed by atoms with Crippen LogP contribution < -0.4 is 5.73 Å². The standard InChI is InChI=1S/C13H17NO3S.C2HF3O2/c1-3-17-13(16)10-8-5-4-7(2)6-9(8)18-11(10)12(14)15;3-2(4,5)1(6)7/h7H,3-6H2,1-2H3,(H2,14,15);(H,6,7). The number of hydrogen-bond acceptors (Lipinski definition) is 5. The molecular formula is C15H18F3NO5S. The summed E-state index contributed by atoms with van der Waals surface area (Å²) in [6, 6.07) is 0. The maximum Gasteiger partial charge on any atom is 0.490 e. The topological polar surface area (TPSA) is 107 Å². The van der Waals surface area contributed by atoms with Gasteiger partial charge in [-0.15, -0.1) is 11.3 Å². The first-order valence-corrected chi connectivity index (χ1v) is 8.22. The minimum atomic E-state index is -5.08. The zero-order valence-electron chi connectivity index (χ0n) is 13.6. The second-order valence-electron chi connectivity index (χ2n) is 5.44. The molecule has 25 heavy (non-hydrogen) atoms. The Bertz CT molecular complexity index is 669. The van der Waals surface area contributed by atoms with Gasteiger partial charge in [0.15, 0.2) is 0 Å². The van der Waals surface area contributed by atoms with Crippen LogP contribution in [0.3, 0.4) is 0 Å². The first-order chi connectivity index (χ1) is 11.5. The summed E-state index contributed by atoms with van der Waals surface area (Å²) in [7, 11) is 0. The SMILES string of the molecule is CCOC(=O)c1c(C(N)=O)sc2c1CCC(C)C2.O=C(O)C(F)(F)F. The van der Waals surface area contributed by atoms with E-state index in [9.17, 15) is 22.8 Å². The Morgan fingerprint density at radius 3 is 2.36 bits per heavy atom. The molecular weight excluding hydrogens is 363 g/mol. The molecule has 0 spiro atoms. The number of hydrogen-bond donors (Lipinski definition) is 2. The van der Waals surface area contributed by atoms with Crippen molar-refractivity contribution in [2.75, 3.05) is 6.61 Å². The van der Waals surface area contributed by atoms with Crippen LogP contribution in [0, 0.1) is 5.92 Å². The summed E-state index contributed by atoms with van der Waals surface area (Å²) in [6.07, 6.45) is -2.30. The molecule has 1 amide bonds. The molecule has 1 aliphatic carbocycles. The van der Waals surface area contributed by atoms with Gasteiger partial charge in [0, 0.05) is 4.88 Å². The molecule has 1 aliphatic rings. The average molecular weight is 381 g/mol. The van der Waals surface area contributed by atoms with Crippen molar-refractivity contribution in [1.82, 2.24) is 0 Å². The van der Waals surface area contributed by atoms with Crippen LogP contribution in [0.5, 0.6) is 0 Å². The lowest BCUT2D eigenvalue weighted by Gasteiger charge is -2.18. The van der Waals surface area contributed by atoms with Gasteiger partial charge in [0.25, 0.3) is 5.91 Å². The fourth-order valence-corrected chi connectivity index (χ4v) is 3.69. The van der Waals surface area contributed by atoms with E-state index >= 15 is 0 Å². The minimum absolute atomic E-state index is 0.304. The molecule has 0 saturated carbocycles. The molecule has 1 unspecified atom stereocenters. The molecule has 1 aromatic rings. The second-order valence-corrected chi connectivity index (χ2v) is 6.55. The number of esters is 1. The molecule has 1 heterocycles. The number of amides is 1. The smallest absolute Gasteiger partial charge is 0.475 e. The molecule has 140 valence electrons. The van der Waals surface area contributed by atoms with Crippen molar-refractivity contribution in [2.24, 2.45) is 11.7 Å². The van der Waals surface area contributed by atoms with Gasteiger partial charge < -0.3 is 15.6 Å². The number of carbonyl (C=O) groups is 3. The van der Waals surface area contributed by atoms with Crippen LogP contribution in [-0.2, 0) is 22.4 Å². The van der Waals surface area contributed by atoms with Crippen molar-refractivity contribution in [1.29, 1.82) is 0 Å². The summed E-state index contributed by atoms with van der Waals surface area (Å²) in [5.74, 6) is -3.12. The second kappa shape index (κ2) is 8.32. The Balaban J connectivity index is 0.000000381. The van der Waals surface area contributed by atoms with E-state index in [-0.39, 0.29) is 0 Å². The van der Waals surface area contributed by atoms with E-state index in [0.29, 0.717) is 23.0 Å². The van der Waals surface area contributed by atoms with E-state index in [0.717, 1.165) is 29.7 Å². The Hall–Kier alpha value is -2.10. The van der Waals surface area contributed by atoms with Crippen LogP contribution >= 0.6 is 11.3 Å². The van der Waals surface area contributed by atoms with Gasteiger partial charge in [0.1, 0.15) is 4.88 Å². The number of halogens is 3. The molecule has 0 fully saturated rings. The molecule has 3 N–H and O–H groups in total. The van der Waals surface area contributed by atoms with Crippen molar-refractivity contribution in [3.8, 4) is 0 Å². The van der Waals surface area contributed by atoms with Crippen molar-refractivity contribution >= 4 is 29.2 Å². The van der Waals surface area contributed by atoms with Crippen LogP contribution in [0.4, 0.5) is 13.2 Å².